The van der Waals surface area contributed by atoms with E-state index in [1.807, 2.05) is 13.0 Å². The zero-order valence-corrected chi connectivity index (χ0v) is 9.37. The predicted octanol–water partition coefficient (Wildman–Crippen LogP) is 1.44. The van der Waals surface area contributed by atoms with E-state index in [-0.39, 0.29) is 11.9 Å². The van der Waals surface area contributed by atoms with Gasteiger partial charge in [-0.05, 0) is 24.6 Å². The van der Waals surface area contributed by atoms with E-state index in [9.17, 15) is 4.39 Å². The topological polar surface area (TPSA) is 47.3 Å². The van der Waals surface area contributed by atoms with E-state index in [4.69, 9.17) is 10.5 Å². The average molecular weight is 224 g/mol. The molecule has 1 atom stereocenters. The van der Waals surface area contributed by atoms with E-state index in [2.05, 4.69) is 5.32 Å². The summed E-state index contributed by atoms with van der Waals surface area (Å²) in [5.74, 6) is 0.379. The van der Waals surface area contributed by atoms with E-state index >= 15 is 0 Å². The molecule has 0 aliphatic carbocycles. The molecule has 1 aliphatic heterocycles. The fraction of sp³-hybridized carbons (Fsp3) is 0.500. The third-order valence-electron chi connectivity index (χ3n) is 2.96. The molecule has 1 unspecified atom stereocenters. The Hall–Kier alpha value is -1.13. The maximum Gasteiger partial charge on any atom is 0.165 e. The largest absolute Gasteiger partial charge is 0.491 e. The van der Waals surface area contributed by atoms with Crippen molar-refractivity contribution < 1.29 is 9.13 Å². The molecule has 0 aromatic heterocycles. The highest BCUT2D eigenvalue weighted by Gasteiger charge is 2.25. The Balaban J connectivity index is 2.13. The lowest BCUT2D eigenvalue weighted by Crippen LogP contribution is -2.47. The highest BCUT2D eigenvalue weighted by Crippen LogP contribution is 2.26. The van der Waals surface area contributed by atoms with Crippen LogP contribution in [-0.2, 0) is 0 Å². The molecule has 0 radical (unpaired) electrons. The summed E-state index contributed by atoms with van der Waals surface area (Å²) in [4.78, 5) is 0. The van der Waals surface area contributed by atoms with Crippen LogP contribution in [0.1, 0.15) is 18.5 Å². The minimum atomic E-state index is -0.331. The molecule has 4 heteroatoms. The molecule has 2 rings (SSSR count). The van der Waals surface area contributed by atoms with E-state index in [1.54, 1.807) is 6.07 Å². The predicted molar refractivity (Wildman–Crippen MR) is 60.9 cm³/mol. The summed E-state index contributed by atoms with van der Waals surface area (Å²) < 4.78 is 18.7. The Morgan fingerprint density at radius 3 is 2.81 bits per heavy atom. The molecule has 0 amide bonds. The maximum atomic E-state index is 13.6. The molecule has 16 heavy (non-hydrogen) atoms. The Morgan fingerprint density at radius 1 is 1.56 bits per heavy atom. The van der Waals surface area contributed by atoms with Crippen LogP contribution in [0.2, 0.25) is 0 Å². The number of benzene rings is 1. The summed E-state index contributed by atoms with van der Waals surface area (Å²) in [6.45, 7) is 4.12. The maximum absolute atomic E-state index is 13.6. The smallest absolute Gasteiger partial charge is 0.165 e. The molecule has 1 aromatic rings. The Bertz CT molecular complexity index is 366. The van der Waals surface area contributed by atoms with Gasteiger partial charge < -0.3 is 15.8 Å². The van der Waals surface area contributed by atoms with Crippen LogP contribution < -0.4 is 15.8 Å². The van der Waals surface area contributed by atoms with Gasteiger partial charge in [0.2, 0.25) is 0 Å². The highest BCUT2D eigenvalue weighted by atomic mass is 19.1. The van der Waals surface area contributed by atoms with Crippen molar-refractivity contribution in [1.29, 1.82) is 0 Å². The molecule has 1 heterocycles. The summed E-state index contributed by atoms with van der Waals surface area (Å²) in [7, 11) is 0. The van der Waals surface area contributed by atoms with Crippen LogP contribution in [0, 0.1) is 11.7 Å². The number of hydrogen-bond donors (Lipinski definition) is 2. The fourth-order valence-electron chi connectivity index (χ4n) is 1.83. The van der Waals surface area contributed by atoms with Crippen molar-refractivity contribution in [2.24, 2.45) is 11.7 Å². The molecule has 1 aromatic carbocycles. The second-order valence-corrected chi connectivity index (χ2v) is 4.07. The molecule has 3 nitrogen and oxygen atoms in total. The van der Waals surface area contributed by atoms with Gasteiger partial charge in [0.25, 0.3) is 0 Å². The summed E-state index contributed by atoms with van der Waals surface area (Å²) in [6, 6.07) is 4.89. The van der Waals surface area contributed by atoms with Gasteiger partial charge in [-0.1, -0.05) is 6.07 Å². The van der Waals surface area contributed by atoms with Crippen molar-refractivity contribution in [3.8, 4) is 5.75 Å². The van der Waals surface area contributed by atoms with Crippen molar-refractivity contribution in [3.63, 3.8) is 0 Å². The van der Waals surface area contributed by atoms with Gasteiger partial charge in [-0.25, -0.2) is 4.39 Å². The van der Waals surface area contributed by atoms with Crippen LogP contribution in [0.15, 0.2) is 18.2 Å². The third-order valence-corrected chi connectivity index (χ3v) is 2.96. The van der Waals surface area contributed by atoms with Gasteiger partial charge in [-0.15, -0.1) is 0 Å². The molecule has 1 aliphatic rings. The van der Waals surface area contributed by atoms with Crippen LogP contribution in [0.4, 0.5) is 4.39 Å². The minimum Gasteiger partial charge on any atom is -0.491 e. The molecule has 0 spiro atoms. The van der Waals surface area contributed by atoms with Gasteiger partial charge >= 0.3 is 0 Å². The van der Waals surface area contributed by atoms with Crippen molar-refractivity contribution in [2.45, 2.75) is 13.0 Å². The van der Waals surface area contributed by atoms with Crippen molar-refractivity contribution >= 4 is 0 Å². The van der Waals surface area contributed by atoms with Gasteiger partial charge in [-0.2, -0.15) is 0 Å². The minimum absolute atomic E-state index is 0.0913. The summed E-state index contributed by atoms with van der Waals surface area (Å²) in [5, 5.41) is 3.16. The zero-order valence-electron chi connectivity index (χ0n) is 9.37. The number of nitrogens with one attached hydrogen (secondary N) is 1. The highest BCUT2D eigenvalue weighted by molar-refractivity contribution is 5.31. The first-order valence-corrected chi connectivity index (χ1v) is 5.61. The first-order chi connectivity index (χ1) is 7.72. The van der Waals surface area contributed by atoms with E-state index in [0.717, 1.165) is 18.7 Å². The van der Waals surface area contributed by atoms with Gasteiger partial charge in [0.15, 0.2) is 11.6 Å². The Kier molecular flexibility index (Phi) is 3.41. The van der Waals surface area contributed by atoms with Gasteiger partial charge in [0.05, 0.1) is 6.61 Å². The molecular formula is C12H17FN2O. The van der Waals surface area contributed by atoms with Crippen molar-refractivity contribution in [3.05, 3.63) is 29.6 Å². The number of ether oxygens (including phenoxy) is 1. The molecule has 88 valence electrons. The van der Waals surface area contributed by atoms with Crippen LogP contribution in [-0.4, -0.2) is 19.7 Å². The first kappa shape index (κ1) is 11.4. The lowest BCUT2D eigenvalue weighted by atomic mass is 9.89. The number of nitrogens with two attached hydrogens (primary N) is 1. The summed E-state index contributed by atoms with van der Waals surface area (Å²) in [5.41, 5.74) is 6.89. The monoisotopic (exact) mass is 224 g/mol. The first-order valence-electron chi connectivity index (χ1n) is 5.61. The van der Waals surface area contributed by atoms with E-state index < -0.39 is 0 Å². The van der Waals surface area contributed by atoms with Crippen LogP contribution >= 0.6 is 0 Å². The van der Waals surface area contributed by atoms with E-state index in [1.165, 1.54) is 6.07 Å². The zero-order chi connectivity index (χ0) is 11.5. The number of halogens is 1. The Morgan fingerprint density at radius 2 is 2.31 bits per heavy atom. The summed E-state index contributed by atoms with van der Waals surface area (Å²) in [6.07, 6.45) is 0. The molecule has 0 saturated carbocycles. The van der Waals surface area contributed by atoms with E-state index in [0.29, 0.717) is 18.3 Å². The van der Waals surface area contributed by atoms with Crippen LogP contribution in [0.5, 0.6) is 5.75 Å². The third kappa shape index (κ3) is 2.18. The number of rotatable bonds is 4. The quantitative estimate of drug-likeness (QED) is 0.813. The van der Waals surface area contributed by atoms with Gasteiger partial charge in [0, 0.05) is 25.0 Å². The summed E-state index contributed by atoms with van der Waals surface area (Å²) >= 11 is 0. The molecule has 1 saturated heterocycles. The SMILES string of the molecule is CCOc1ccc(C(N)C2CNC2)cc1F. The van der Waals surface area contributed by atoms with Crippen LogP contribution in [0.3, 0.4) is 0 Å². The average Bonchev–Trinajstić information content (AvgIpc) is 2.18. The second kappa shape index (κ2) is 4.80. The standard InChI is InChI=1S/C12H17FN2O/c1-2-16-11-4-3-8(5-10(11)13)12(14)9-6-15-7-9/h3-5,9,12,15H,2,6-7,14H2,1H3. The lowest BCUT2D eigenvalue weighted by Gasteiger charge is -2.32. The lowest BCUT2D eigenvalue weighted by molar-refractivity contribution is 0.293. The fourth-order valence-corrected chi connectivity index (χ4v) is 1.83. The number of hydrogen-bond acceptors (Lipinski definition) is 3. The molecular weight excluding hydrogens is 207 g/mol. The normalized spacial score (nSPS) is 17.9. The Labute approximate surface area is 94.8 Å². The van der Waals surface area contributed by atoms with Crippen molar-refractivity contribution in [2.75, 3.05) is 19.7 Å². The second-order valence-electron chi connectivity index (χ2n) is 4.07. The van der Waals surface area contributed by atoms with Crippen molar-refractivity contribution in [1.82, 2.24) is 5.32 Å². The van der Waals surface area contributed by atoms with Gasteiger partial charge in [0.1, 0.15) is 0 Å². The van der Waals surface area contributed by atoms with Crippen LogP contribution in [0.25, 0.3) is 0 Å². The van der Waals surface area contributed by atoms with Gasteiger partial charge in [-0.3, -0.25) is 0 Å². The molecule has 1 fully saturated rings. The molecule has 3 N–H and O–H groups in total. The molecule has 0 bridgehead atoms.